The minimum Gasteiger partial charge on any atom is -0.444 e. The number of nitrogens with two attached hydrogens (primary N) is 1. The summed E-state index contributed by atoms with van der Waals surface area (Å²) in [6.45, 7) is 10.4. The van der Waals surface area contributed by atoms with Gasteiger partial charge in [0.2, 0.25) is 11.8 Å². The van der Waals surface area contributed by atoms with Crippen molar-refractivity contribution in [1.82, 2.24) is 10.2 Å². The van der Waals surface area contributed by atoms with E-state index >= 15 is 0 Å². The number of hydrogen-bond acceptors (Lipinski definition) is 5. The lowest BCUT2D eigenvalue weighted by Gasteiger charge is -2.38. The molecule has 2 aromatic carbocycles. The number of nitrogens with one attached hydrogen (secondary N) is 2. The van der Waals surface area contributed by atoms with E-state index in [0.717, 1.165) is 5.56 Å². The van der Waals surface area contributed by atoms with Crippen LogP contribution in [-0.4, -0.2) is 46.4 Å². The number of nitrogens with zero attached hydrogens (tertiary/aromatic N) is 1. The van der Waals surface area contributed by atoms with E-state index in [2.05, 4.69) is 16.6 Å². The van der Waals surface area contributed by atoms with Crippen LogP contribution < -0.4 is 16.4 Å². The molecule has 0 fully saturated rings. The van der Waals surface area contributed by atoms with Gasteiger partial charge in [-0.25, -0.2) is 4.79 Å². The fourth-order valence-corrected chi connectivity index (χ4v) is 4.28. The minimum atomic E-state index is -1.39. The van der Waals surface area contributed by atoms with Crippen LogP contribution in [0.5, 0.6) is 0 Å². The van der Waals surface area contributed by atoms with Crippen molar-refractivity contribution in [2.45, 2.75) is 78.1 Å². The number of rotatable bonds is 10. The van der Waals surface area contributed by atoms with Crippen molar-refractivity contribution < 1.29 is 23.9 Å². The quantitative estimate of drug-likeness (QED) is 0.357. The van der Waals surface area contributed by atoms with E-state index in [-0.39, 0.29) is 0 Å². The van der Waals surface area contributed by atoms with Crippen LogP contribution in [-0.2, 0) is 19.1 Å². The summed E-state index contributed by atoms with van der Waals surface area (Å²) in [5.74, 6) is 0.484. The molecule has 3 unspecified atom stereocenters. The first-order valence-electron chi connectivity index (χ1n) is 12.9. The minimum absolute atomic E-state index is 0.328. The second kappa shape index (κ2) is 13.9. The Labute approximate surface area is 240 Å². The van der Waals surface area contributed by atoms with Gasteiger partial charge in [-0.15, -0.1) is 6.42 Å². The molecule has 0 aliphatic carbocycles. The maximum atomic E-state index is 14.1. The number of anilines is 1. The first-order valence-corrected chi connectivity index (χ1v) is 13.3. The fourth-order valence-electron chi connectivity index (χ4n) is 4.01. The van der Waals surface area contributed by atoms with Gasteiger partial charge in [-0.3, -0.25) is 14.4 Å². The second-order valence-electron chi connectivity index (χ2n) is 10.5. The van der Waals surface area contributed by atoms with Crippen molar-refractivity contribution in [3.63, 3.8) is 0 Å². The number of carbonyl (C=O) groups excluding carboxylic acids is 4. The number of primary amides is 1. The second-order valence-corrected chi connectivity index (χ2v) is 10.9. The summed E-state index contributed by atoms with van der Waals surface area (Å²) >= 11 is 6.38. The highest BCUT2D eigenvalue weighted by atomic mass is 35.5. The Morgan fingerprint density at radius 2 is 1.75 bits per heavy atom. The summed E-state index contributed by atoms with van der Waals surface area (Å²) in [6.07, 6.45) is 4.58. The molecule has 0 aliphatic heterocycles. The molecular weight excluding hydrogens is 532 g/mol. The lowest BCUT2D eigenvalue weighted by atomic mass is 9.98. The molecule has 2 aromatic rings. The molecule has 0 aromatic heterocycles. The number of ether oxygens (including phenoxy) is 1. The summed E-state index contributed by atoms with van der Waals surface area (Å²) in [5, 5.41) is 5.65. The van der Waals surface area contributed by atoms with Gasteiger partial charge >= 0.3 is 6.09 Å². The molecule has 9 nitrogen and oxygen atoms in total. The van der Waals surface area contributed by atoms with Crippen molar-refractivity contribution in [3.8, 4) is 12.3 Å². The average molecular weight is 569 g/mol. The highest BCUT2D eigenvalue weighted by molar-refractivity contribution is 6.34. The largest absolute Gasteiger partial charge is 0.444 e. The van der Waals surface area contributed by atoms with Crippen molar-refractivity contribution in [2.75, 3.05) is 5.32 Å². The van der Waals surface area contributed by atoms with E-state index < -0.39 is 54.0 Å². The van der Waals surface area contributed by atoms with Gasteiger partial charge in [-0.2, -0.15) is 0 Å². The topological polar surface area (TPSA) is 131 Å². The lowest BCUT2D eigenvalue weighted by molar-refractivity contribution is -0.144. The van der Waals surface area contributed by atoms with Crippen LogP contribution in [0.1, 0.15) is 70.2 Å². The molecule has 4 amide bonds. The zero-order valence-electron chi connectivity index (χ0n) is 23.7. The van der Waals surface area contributed by atoms with E-state index in [1.165, 1.54) is 4.90 Å². The number of carbonyl (C=O) groups is 4. The standard InChI is InChI=1S/C30H37ClN4O5/c1-8-19(4)35(28(38)23(17-24(32)36)33-29(39)40-30(5,6)7)26(21-15-13-20(9-2)14-16-21)27(37)34-25-18(3)11-10-12-22(25)31/h2,10-16,19,23,26H,8,17H2,1,3-7H3,(H2,32,36)(H,33,39)(H,34,37). The average Bonchev–Trinajstić information content (AvgIpc) is 2.87. The summed E-state index contributed by atoms with van der Waals surface area (Å²) in [4.78, 5) is 54.0. The molecule has 40 heavy (non-hydrogen) atoms. The maximum absolute atomic E-state index is 14.1. The smallest absolute Gasteiger partial charge is 0.408 e. The van der Waals surface area contributed by atoms with Crippen LogP contribution in [0.3, 0.4) is 0 Å². The molecule has 2 rings (SSSR count). The first-order chi connectivity index (χ1) is 18.7. The summed E-state index contributed by atoms with van der Waals surface area (Å²) < 4.78 is 5.30. The lowest BCUT2D eigenvalue weighted by Crippen LogP contribution is -2.55. The van der Waals surface area contributed by atoms with E-state index in [9.17, 15) is 19.2 Å². The molecule has 4 N–H and O–H groups in total. The van der Waals surface area contributed by atoms with Crippen molar-refractivity contribution >= 4 is 41.1 Å². The number of alkyl carbamates (subject to hydrolysis) is 1. The molecule has 0 radical (unpaired) electrons. The SMILES string of the molecule is C#Cc1ccc(C(C(=O)Nc2c(C)cccc2Cl)N(C(=O)C(CC(N)=O)NC(=O)OC(C)(C)C)C(C)CC)cc1. The zero-order chi connectivity index (χ0) is 30.2. The van der Waals surface area contributed by atoms with Crippen LogP contribution in [0, 0.1) is 19.3 Å². The van der Waals surface area contributed by atoms with Gasteiger partial charge in [0.15, 0.2) is 0 Å². The number of aryl methyl sites for hydroxylation is 1. The Morgan fingerprint density at radius 3 is 2.25 bits per heavy atom. The Hall–Kier alpha value is -4.03. The molecule has 0 heterocycles. The summed E-state index contributed by atoms with van der Waals surface area (Å²) in [7, 11) is 0. The predicted molar refractivity (Wildman–Crippen MR) is 156 cm³/mol. The van der Waals surface area contributed by atoms with Crippen molar-refractivity contribution in [2.24, 2.45) is 5.73 Å². The third kappa shape index (κ3) is 8.75. The van der Waals surface area contributed by atoms with Crippen LogP contribution in [0.4, 0.5) is 10.5 Å². The van der Waals surface area contributed by atoms with Crippen LogP contribution in [0.15, 0.2) is 42.5 Å². The number of terminal acetylenes is 1. The predicted octanol–water partition coefficient (Wildman–Crippen LogP) is 4.71. The molecule has 214 valence electrons. The van der Waals surface area contributed by atoms with Crippen LogP contribution >= 0.6 is 11.6 Å². The Bertz CT molecular complexity index is 1260. The van der Waals surface area contributed by atoms with Gasteiger partial charge in [0, 0.05) is 11.6 Å². The number of halogens is 1. The number of amides is 4. The maximum Gasteiger partial charge on any atom is 0.408 e. The number of para-hydroxylation sites is 1. The normalized spacial score (nSPS) is 13.2. The van der Waals surface area contributed by atoms with E-state index in [1.807, 2.05) is 6.92 Å². The Morgan fingerprint density at radius 1 is 1.12 bits per heavy atom. The van der Waals surface area contributed by atoms with Crippen LogP contribution in [0.2, 0.25) is 5.02 Å². The van der Waals surface area contributed by atoms with Crippen molar-refractivity contribution in [1.29, 1.82) is 0 Å². The highest BCUT2D eigenvalue weighted by Crippen LogP contribution is 2.31. The Kier molecular flexibility index (Phi) is 11.1. The molecule has 0 saturated heterocycles. The monoisotopic (exact) mass is 568 g/mol. The summed E-state index contributed by atoms with van der Waals surface area (Å²) in [5.41, 5.74) is 6.76. The van der Waals surface area contributed by atoms with Crippen LogP contribution in [0.25, 0.3) is 0 Å². The third-order valence-corrected chi connectivity index (χ3v) is 6.42. The number of benzene rings is 2. The van der Waals surface area contributed by atoms with E-state index in [0.29, 0.717) is 28.3 Å². The molecular formula is C30H37ClN4O5. The highest BCUT2D eigenvalue weighted by Gasteiger charge is 2.39. The number of hydrogen-bond donors (Lipinski definition) is 3. The van der Waals surface area contributed by atoms with Gasteiger partial charge < -0.3 is 26.0 Å². The van der Waals surface area contributed by atoms with Gasteiger partial charge in [0.1, 0.15) is 17.7 Å². The molecule has 0 aliphatic rings. The molecule has 3 atom stereocenters. The molecule has 10 heteroatoms. The van der Waals surface area contributed by atoms with Gasteiger partial charge in [0.05, 0.1) is 17.1 Å². The molecule has 0 saturated carbocycles. The van der Waals surface area contributed by atoms with E-state index in [4.69, 9.17) is 28.5 Å². The zero-order valence-corrected chi connectivity index (χ0v) is 24.5. The first kappa shape index (κ1) is 32.2. The van der Waals surface area contributed by atoms with Gasteiger partial charge in [-0.05, 0) is 70.4 Å². The third-order valence-electron chi connectivity index (χ3n) is 6.10. The van der Waals surface area contributed by atoms with E-state index in [1.54, 1.807) is 77.1 Å². The van der Waals surface area contributed by atoms with Crippen molar-refractivity contribution in [3.05, 3.63) is 64.2 Å². The van der Waals surface area contributed by atoms with Gasteiger partial charge in [0.25, 0.3) is 5.91 Å². The molecule has 0 spiro atoms. The van der Waals surface area contributed by atoms with Gasteiger partial charge in [-0.1, -0.05) is 48.7 Å². The summed E-state index contributed by atoms with van der Waals surface area (Å²) in [6, 6.07) is 8.77. The Balaban J connectivity index is 2.64. The fraction of sp³-hybridized carbons (Fsp3) is 0.400. The molecule has 0 bridgehead atoms.